The van der Waals surface area contributed by atoms with E-state index < -0.39 is 10.1 Å². The first kappa shape index (κ1) is 19.4. The summed E-state index contributed by atoms with van der Waals surface area (Å²) in [7, 11) is -3.71. The van der Waals surface area contributed by atoms with Crippen LogP contribution in [0, 0.1) is 12.8 Å². The Morgan fingerprint density at radius 2 is 1.90 bits per heavy atom. The first-order chi connectivity index (χ1) is 14.5. The molecule has 2 heterocycles. The summed E-state index contributed by atoms with van der Waals surface area (Å²) in [4.78, 5) is 8.60. The molecule has 2 aromatic heterocycles. The minimum atomic E-state index is -3.71. The molecule has 0 atom stereocenters. The van der Waals surface area contributed by atoms with Crippen LogP contribution in [0.4, 0.5) is 0 Å². The molecule has 0 spiro atoms. The van der Waals surface area contributed by atoms with Gasteiger partial charge in [-0.3, -0.25) is 8.86 Å². The van der Waals surface area contributed by atoms with Crippen LogP contribution in [0.3, 0.4) is 0 Å². The van der Waals surface area contributed by atoms with Gasteiger partial charge in [0.15, 0.2) is 0 Å². The second-order valence-electron chi connectivity index (χ2n) is 8.32. The van der Waals surface area contributed by atoms with Crippen molar-refractivity contribution in [2.45, 2.75) is 49.5 Å². The van der Waals surface area contributed by atoms with Gasteiger partial charge < -0.3 is 0 Å². The highest BCUT2D eigenvalue weighted by atomic mass is 32.2. The van der Waals surface area contributed by atoms with Crippen molar-refractivity contribution >= 4 is 10.1 Å². The largest absolute Gasteiger partial charge is 0.296 e. The predicted octanol–water partition coefficient (Wildman–Crippen LogP) is 3.88. The van der Waals surface area contributed by atoms with E-state index in [0.29, 0.717) is 5.92 Å². The van der Waals surface area contributed by atoms with Gasteiger partial charge in [0, 0.05) is 23.9 Å². The zero-order chi connectivity index (χ0) is 20.7. The third kappa shape index (κ3) is 3.89. The second-order valence-corrected chi connectivity index (χ2v) is 9.94. The van der Waals surface area contributed by atoms with Crippen LogP contribution in [-0.4, -0.2) is 34.8 Å². The van der Waals surface area contributed by atoms with Crippen molar-refractivity contribution in [3.05, 3.63) is 60.3 Å². The molecule has 5 rings (SSSR count). The van der Waals surface area contributed by atoms with Gasteiger partial charge in [0.1, 0.15) is 6.33 Å². The maximum Gasteiger partial charge on any atom is 0.296 e. The van der Waals surface area contributed by atoms with Gasteiger partial charge in [0.2, 0.25) is 0 Å². The quantitative estimate of drug-likeness (QED) is 0.535. The number of hydrogen-bond donors (Lipinski definition) is 0. The van der Waals surface area contributed by atoms with E-state index in [4.69, 9.17) is 9.28 Å². The molecule has 2 aliphatic rings. The molecule has 156 valence electrons. The minimum Gasteiger partial charge on any atom is -0.269 e. The van der Waals surface area contributed by atoms with E-state index in [1.54, 1.807) is 36.8 Å². The summed E-state index contributed by atoms with van der Waals surface area (Å²) in [6.45, 7) is 2.13. The van der Waals surface area contributed by atoms with Gasteiger partial charge in [0.05, 0.1) is 28.9 Å². The molecular formula is C22H24N4O3S. The molecule has 1 aromatic carbocycles. The Kier molecular flexibility index (Phi) is 4.91. The van der Waals surface area contributed by atoms with Crippen molar-refractivity contribution in [3.8, 4) is 11.3 Å². The van der Waals surface area contributed by atoms with Gasteiger partial charge in [-0.2, -0.15) is 13.5 Å². The first-order valence-electron chi connectivity index (χ1n) is 10.3. The zero-order valence-corrected chi connectivity index (χ0v) is 17.6. The van der Waals surface area contributed by atoms with E-state index >= 15 is 0 Å². The normalized spacial score (nSPS) is 21.4. The van der Waals surface area contributed by atoms with Gasteiger partial charge in [-0.25, -0.2) is 9.97 Å². The fourth-order valence-electron chi connectivity index (χ4n) is 3.91. The van der Waals surface area contributed by atoms with E-state index in [9.17, 15) is 8.42 Å². The number of aryl methyl sites for hydroxylation is 1. The zero-order valence-electron chi connectivity index (χ0n) is 16.8. The Bertz CT molecular complexity index is 1130. The lowest BCUT2D eigenvalue weighted by atomic mass is 9.81. The molecule has 8 heteroatoms. The van der Waals surface area contributed by atoms with Crippen molar-refractivity contribution < 1.29 is 12.6 Å². The number of hydrogen-bond acceptors (Lipinski definition) is 6. The van der Waals surface area contributed by atoms with Gasteiger partial charge in [-0.1, -0.05) is 17.7 Å². The molecule has 0 bridgehead atoms. The summed E-state index contributed by atoms with van der Waals surface area (Å²) in [5.74, 6) is 0.737. The Morgan fingerprint density at radius 1 is 1.13 bits per heavy atom. The number of nitrogens with zero attached hydrogens (tertiary/aromatic N) is 4. The molecule has 0 unspecified atom stereocenters. The monoisotopic (exact) mass is 424 g/mol. The SMILES string of the molecule is Cc1ccc(S(=O)(=O)OCC2CC(n3cc(-c4ccncn4)c(C4CC4)n3)C2)cc1. The number of benzene rings is 1. The van der Waals surface area contributed by atoms with Crippen LogP contribution in [-0.2, 0) is 14.3 Å². The lowest BCUT2D eigenvalue weighted by Gasteiger charge is -2.34. The molecule has 2 fully saturated rings. The van der Waals surface area contributed by atoms with Gasteiger partial charge in [0.25, 0.3) is 10.1 Å². The van der Waals surface area contributed by atoms with Crippen LogP contribution >= 0.6 is 0 Å². The number of rotatable bonds is 7. The lowest BCUT2D eigenvalue weighted by molar-refractivity contribution is 0.120. The Hall–Kier alpha value is -2.58. The Labute approximate surface area is 176 Å². The van der Waals surface area contributed by atoms with E-state index in [1.165, 1.54) is 12.8 Å². The van der Waals surface area contributed by atoms with E-state index in [0.717, 1.165) is 35.4 Å². The van der Waals surface area contributed by atoms with Gasteiger partial charge >= 0.3 is 0 Å². The van der Waals surface area contributed by atoms with Crippen molar-refractivity contribution in [1.29, 1.82) is 0 Å². The third-order valence-electron chi connectivity index (χ3n) is 5.94. The molecule has 0 N–H and O–H groups in total. The summed E-state index contributed by atoms with van der Waals surface area (Å²) in [5.41, 5.74) is 4.13. The molecule has 2 aliphatic carbocycles. The average molecular weight is 425 g/mol. The van der Waals surface area contributed by atoms with Crippen molar-refractivity contribution in [2.24, 2.45) is 5.92 Å². The highest BCUT2D eigenvalue weighted by molar-refractivity contribution is 7.86. The Balaban J connectivity index is 1.22. The first-order valence-corrected chi connectivity index (χ1v) is 11.7. The molecule has 2 saturated carbocycles. The molecule has 30 heavy (non-hydrogen) atoms. The second kappa shape index (κ2) is 7.59. The van der Waals surface area contributed by atoms with E-state index in [2.05, 4.69) is 16.2 Å². The summed E-state index contributed by atoms with van der Waals surface area (Å²) in [5, 5.41) is 4.87. The van der Waals surface area contributed by atoms with Crippen LogP contribution in [0.5, 0.6) is 0 Å². The Morgan fingerprint density at radius 3 is 2.57 bits per heavy atom. The highest BCUT2D eigenvalue weighted by Crippen LogP contribution is 2.45. The molecule has 0 amide bonds. The molecule has 0 aliphatic heterocycles. The third-order valence-corrected chi connectivity index (χ3v) is 7.23. The fraction of sp³-hybridized carbons (Fsp3) is 0.409. The molecule has 3 aromatic rings. The smallest absolute Gasteiger partial charge is 0.269 e. The average Bonchev–Trinajstić information content (AvgIpc) is 3.47. The fourth-order valence-corrected chi connectivity index (χ4v) is 4.89. The summed E-state index contributed by atoms with van der Waals surface area (Å²) >= 11 is 0. The van der Waals surface area contributed by atoms with E-state index in [-0.39, 0.29) is 23.5 Å². The molecule has 0 saturated heterocycles. The highest BCUT2D eigenvalue weighted by Gasteiger charge is 2.36. The lowest BCUT2D eigenvalue weighted by Crippen LogP contribution is -2.31. The molecular weight excluding hydrogens is 400 g/mol. The molecule has 0 radical (unpaired) electrons. The standard InChI is InChI=1S/C22H24N4O3S/c1-15-2-6-19(7-3-15)30(27,28)29-13-16-10-18(11-16)26-12-20(21-8-9-23-14-24-21)22(25-26)17-4-5-17/h2-3,6-9,12,14,16-18H,4-5,10-11,13H2,1H3. The van der Waals surface area contributed by atoms with Gasteiger partial charge in [-0.05, 0) is 56.7 Å². The maximum atomic E-state index is 12.4. The topological polar surface area (TPSA) is 87.0 Å². The van der Waals surface area contributed by atoms with Crippen LogP contribution < -0.4 is 0 Å². The summed E-state index contributed by atoms with van der Waals surface area (Å²) in [6.07, 6.45) is 9.47. The summed E-state index contributed by atoms with van der Waals surface area (Å²) in [6, 6.07) is 8.92. The van der Waals surface area contributed by atoms with Crippen molar-refractivity contribution in [1.82, 2.24) is 19.7 Å². The molecule has 7 nitrogen and oxygen atoms in total. The number of aromatic nitrogens is 4. The van der Waals surface area contributed by atoms with E-state index in [1.807, 2.05) is 17.7 Å². The van der Waals surface area contributed by atoms with Crippen molar-refractivity contribution in [3.63, 3.8) is 0 Å². The van der Waals surface area contributed by atoms with Crippen LogP contribution in [0.1, 0.15) is 48.9 Å². The predicted molar refractivity (Wildman–Crippen MR) is 111 cm³/mol. The van der Waals surface area contributed by atoms with Crippen LogP contribution in [0.25, 0.3) is 11.3 Å². The van der Waals surface area contributed by atoms with Crippen LogP contribution in [0.2, 0.25) is 0 Å². The summed E-state index contributed by atoms with van der Waals surface area (Å²) < 4.78 is 32.1. The van der Waals surface area contributed by atoms with Crippen LogP contribution in [0.15, 0.2) is 53.9 Å². The van der Waals surface area contributed by atoms with Crippen molar-refractivity contribution in [2.75, 3.05) is 6.61 Å². The van der Waals surface area contributed by atoms with Gasteiger partial charge in [-0.15, -0.1) is 0 Å². The maximum absolute atomic E-state index is 12.4. The minimum absolute atomic E-state index is 0.208.